The molecule has 15 heavy (non-hydrogen) atoms. The van der Waals surface area contributed by atoms with Gasteiger partial charge in [-0.15, -0.1) is 0 Å². The molecule has 0 saturated heterocycles. The first-order valence-electron chi connectivity index (χ1n) is 5.58. The molecule has 0 fully saturated rings. The van der Waals surface area contributed by atoms with Gasteiger partial charge < -0.3 is 4.74 Å². The normalized spacial score (nSPS) is 10.4. The summed E-state index contributed by atoms with van der Waals surface area (Å²) in [5.41, 5.74) is 2.44. The second-order valence-electron chi connectivity index (χ2n) is 3.97. The Morgan fingerprint density at radius 2 is 2.13 bits per heavy atom. The molecule has 0 atom stereocenters. The maximum Gasteiger partial charge on any atom is 0.126 e. The number of rotatable bonds is 5. The molecule has 0 heterocycles. The molecule has 0 spiro atoms. The third kappa shape index (κ3) is 2.85. The highest BCUT2D eigenvalue weighted by Gasteiger charge is 2.08. The Morgan fingerprint density at radius 3 is 2.67 bits per heavy atom. The fourth-order valence-corrected chi connectivity index (χ4v) is 1.62. The summed E-state index contributed by atoms with van der Waals surface area (Å²) in [4.78, 5) is 0. The molecule has 0 aliphatic carbocycles. The average Bonchev–Trinajstić information content (AvgIpc) is 2.25. The fraction of sp³-hybridized carbons (Fsp3) is 0.429. The second kappa shape index (κ2) is 5.59. The first-order chi connectivity index (χ1) is 7.20. The smallest absolute Gasteiger partial charge is 0.126 e. The van der Waals surface area contributed by atoms with Crippen LogP contribution in [-0.2, 0) is 0 Å². The SMILES string of the molecule is C=Cc1c(OCCC)cccc1C(C)C. The zero-order valence-electron chi connectivity index (χ0n) is 9.92. The Hall–Kier alpha value is -1.24. The minimum absolute atomic E-state index is 0.503. The van der Waals surface area contributed by atoms with Crippen LogP contribution in [-0.4, -0.2) is 6.61 Å². The molecule has 0 unspecified atom stereocenters. The minimum Gasteiger partial charge on any atom is -0.493 e. The first kappa shape index (κ1) is 11.8. The monoisotopic (exact) mass is 204 g/mol. The van der Waals surface area contributed by atoms with Crippen molar-refractivity contribution < 1.29 is 4.74 Å². The van der Waals surface area contributed by atoms with Crippen molar-refractivity contribution in [3.05, 3.63) is 35.9 Å². The van der Waals surface area contributed by atoms with Gasteiger partial charge in [-0.3, -0.25) is 0 Å². The number of benzene rings is 1. The lowest BCUT2D eigenvalue weighted by atomic mass is 9.96. The molecule has 1 rings (SSSR count). The maximum absolute atomic E-state index is 5.70. The van der Waals surface area contributed by atoms with Crippen molar-refractivity contribution in [3.8, 4) is 5.75 Å². The van der Waals surface area contributed by atoms with Crippen molar-refractivity contribution in [2.45, 2.75) is 33.1 Å². The van der Waals surface area contributed by atoms with Crippen molar-refractivity contribution in [2.24, 2.45) is 0 Å². The molecule has 1 heteroatoms. The Balaban J connectivity index is 3.04. The predicted octanol–water partition coefficient (Wildman–Crippen LogP) is 4.24. The molecule has 0 amide bonds. The molecule has 1 aromatic rings. The Morgan fingerprint density at radius 1 is 1.40 bits per heavy atom. The molecule has 0 saturated carbocycles. The van der Waals surface area contributed by atoms with Crippen LogP contribution in [0, 0.1) is 0 Å². The molecule has 0 aromatic heterocycles. The zero-order valence-corrected chi connectivity index (χ0v) is 9.92. The van der Waals surface area contributed by atoms with Crippen LogP contribution in [0.25, 0.3) is 6.08 Å². The van der Waals surface area contributed by atoms with Crippen LogP contribution >= 0.6 is 0 Å². The van der Waals surface area contributed by atoms with Crippen molar-refractivity contribution in [3.63, 3.8) is 0 Å². The van der Waals surface area contributed by atoms with E-state index in [1.807, 2.05) is 18.2 Å². The summed E-state index contributed by atoms with van der Waals surface area (Å²) in [6, 6.07) is 6.20. The summed E-state index contributed by atoms with van der Waals surface area (Å²) in [6.07, 6.45) is 2.92. The van der Waals surface area contributed by atoms with Crippen molar-refractivity contribution in [2.75, 3.05) is 6.61 Å². The van der Waals surface area contributed by atoms with Crippen LogP contribution in [0.3, 0.4) is 0 Å². The number of hydrogen-bond donors (Lipinski definition) is 0. The molecule has 0 N–H and O–H groups in total. The molecule has 0 radical (unpaired) electrons. The first-order valence-corrected chi connectivity index (χ1v) is 5.58. The van der Waals surface area contributed by atoms with E-state index < -0.39 is 0 Å². The third-order valence-electron chi connectivity index (χ3n) is 2.39. The van der Waals surface area contributed by atoms with Crippen molar-refractivity contribution in [1.82, 2.24) is 0 Å². The van der Waals surface area contributed by atoms with Gasteiger partial charge in [-0.1, -0.05) is 45.6 Å². The summed E-state index contributed by atoms with van der Waals surface area (Å²) < 4.78 is 5.70. The van der Waals surface area contributed by atoms with E-state index >= 15 is 0 Å². The minimum atomic E-state index is 0.503. The summed E-state index contributed by atoms with van der Waals surface area (Å²) >= 11 is 0. The highest BCUT2D eigenvalue weighted by molar-refractivity contribution is 5.60. The van der Waals surface area contributed by atoms with Crippen LogP contribution in [0.5, 0.6) is 5.75 Å². The Labute approximate surface area is 92.8 Å². The molecular weight excluding hydrogens is 184 g/mol. The van der Waals surface area contributed by atoms with Gasteiger partial charge in [-0.25, -0.2) is 0 Å². The quantitative estimate of drug-likeness (QED) is 0.697. The predicted molar refractivity (Wildman–Crippen MR) is 66.4 cm³/mol. The van der Waals surface area contributed by atoms with E-state index in [1.54, 1.807) is 0 Å². The lowest BCUT2D eigenvalue weighted by Crippen LogP contribution is -2.00. The van der Waals surface area contributed by atoms with Gasteiger partial charge in [0.25, 0.3) is 0 Å². The van der Waals surface area contributed by atoms with E-state index in [1.165, 1.54) is 5.56 Å². The second-order valence-corrected chi connectivity index (χ2v) is 3.97. The average molecular weight is 204 g/mol. The highest BCUT2D eigenvalue weighted by Crippen LogP contribution is 2.28. The zero-order chi connectivity index (χ0) is 11.3. The van der Waals surface area contributed by atoms with Crippen LogP contribution in [0.2, 0.25) is 0 Å². The Bertz CT molecular complexity index is 326. The van der Waals surface area contributed by atoms with Gasteiger partial charge in [0.2, 0.25) is 0 Å². The summed E-state index contributed by atoms with van der Waals surface area (Å²) in [5.74, 6) is 1.46. The van der Waals surface area contributed by atoms with Crippen LogP contribution in [0.4, 0.5) is 0 Å². The van der Waals surface area contributed by atoms with Crippen LogP contribution in [0.15, 0.2) is 24.8 Å². The van der Waals surface area contributed by atoms with Gasteiger partial charge in [0.1, 0.15) is 5.75 Å². The standard InChI is InChI=1S/C14H20O/c1-5-10-15-14-9-7-8-13(11(3)4)12(14)6-2/h6-9,11H,2,5,10H2,1,3-4H3. The van der Waals surface area contributed by atoms with Gasteiger partial charge in [-0.05, 0) is 24.0 Å². The molecular formula is C14H20O. The molecule has 1 nitrogen and oxygen atoms in total. The van der Waals surface area contributed by atoms with Gasteiger partial charge in [-0.2, -0.15) is 0 Å². The van der Waals surface area contributed by atoms with Gasteiger partial charge >= 0.3 is 0 Å². The fourth-order valence-electron chi connectivity index (χ4n) is 1.62. The molecule has 0 aliphatic rings. The third-order valence-corrected chi connectivity index (χ3v) is 2.39. The van der Waals surface area contributed by atoms with Crippen molar-refractivity contribution >= 4 is 6.08 Å². The highest BCUT2D eigenvalue weighted by atomic mass is 16.5. The Kier molecular flexibility index (Phi) is 4.41. The van der Waals surface area contributed by atoms with Gasteiger partial charge in [0.15, 0.2) is 0 Å². The maximum atomic E-state index is 5.70. The number of hydrogen-bond acceptors (Lipinski definition) is 1. The number of ether oxygens (including phenoxy) is 1. The van der Waals surface area contributed by atoms with E-state index in [0.29, 0.717) is 5.92 Å². The summed E-state index contributed by atoms with van der Waals surface area (Å²) in [6.45, 7) is 11.1. The van der Waals surface area contributed by atoms with Crippen molar-refractivity contribution in [1.29, 1.82) is 0 Å². The lowest BCUT2D eigenvalue weighted by molar-refractivity contribution is 0.316. The summed E-state index contributed by atoms with van der Waals surface area (Å²) in [5, 5.41) is 0. The van der Waals surface area contributed by atoms with E-state index in [2.05, 4.69) is 33.4 Å². The lowest BCUT2D eigenvalue weighted by Gasteiger charge is -2.14. The van der Waals surface area contributed by atoms with E-state index in [4.69, 9.17) is 4.74 Å². The van der Waals surface area contributed by atoms with Crippen LogP contribution < -0.4 is 4.74 Å². The van der Waals surface area contributed by atoms with E-state index in [-0.39, 0.29) is 0 Å². The van der Waals surface area contributed by atoms with Gasteiger partial charge in [0, 0.05) is 5.56 Å². The van der Waals surface area contributed by atoms with Crippen LogP contribution in [0.1, 0.15) is 44.2 Å². The van der Waals surface area contributed by atoms with E-state index in [9.17, 15) is 0 Å². The largest absolute Gasteiger partial charge is 0.493 e. The molecule has 0 aliphatic heterocycles. The molecule has 82 valence electrons. The summed E-state index contributed by atoms with van der Waals surface area (Å²) in [7, 11) is 0. The molecule has 1 aromatic carbocycles. The topological polar surface area (TPSA) is 9.23 Å². The molecule has 0 bridgehead atoms. The van der Waals surface area contributed by atoms with Gasteiger partial charge in [0.05, 0.1) is 6.61 Å². The van der Waals surface area contributed by atoms with E-state index in [0.717, 1.165) is 24.3 Å².